The summed E-state index contributed by atoms with van der Waals surface area (Å²) in [5.74, 6) is 0.217. The summed E-state index contributed by atoms with van der Waals surface area (Å²) in [6.07, 6.45) is 6.52. The number of benzene rings is 13. The fourth-order valence-electron chi connectivity index (χ4n) is 21.1. The van der Waals surface area contributed by atoms with Crippen LogP contribution in [0.2, 0.25) is 0 Å². The molecule has 0 unspecified atom stereocenters. The highest BCUT2D eigenvalue weighted by Crippen LogP contribution is 2.36. The molecule has 0 radical (unpaired) electrons. The van der Waals surface area contributed by atoms with Crippen LogP contribution < -0.4 is 0 Å². The van der Waals surface area contributed by atoms with Gasteiger partial charge in [-0.3, -0.25) is 38.8 Å². The molecule has 0 bridgehead atoms. The standard InChI is InChI=1S/C33H31F2N3O.C33H41N5O.C28H29ClFN3O.C25H24FN3O/c34-27-10-5-24(6-11-27)15-17-36-19-21-37(22-20-36)33(39)26-9-14-32-30(23-26)29-3-1-2-4-31(29)38(32)18-16-25-7-12-28(35)13-8-25;1-34-18-20-35(21-19-34)15-7-16-38-31-11-6-5-10-29(31)30-13-12-28(26-32(30)38)33(39)37-24-22-36(23-25-37)17-14-27-8-3-2-4-9-27;29-13-3-14-33-26-5-2-1-4-24(26)25-20-22(8-11-27(25)33)28(34)32-18-16-31(17-19-32)15-12-21-6-9-23(30)10-7-21;26-20-8-5-18(6-9-20)11-12-28-13-15-29(16-14-28)25(30)19-7-10-24-22(17-19)21-3-1-2-4-23(21)27-24/h1-14,23H,15-22H2;2-6,8-13,26H,7,14-25H2,1H3;1-2,4-11,20H,3,12-19H2;1-10,17,27H,11-16H2. The molecule has 4 amide bonds. The van der Waals surface area contributed by atoms with Crippen LogP contribution in [0.5, 0.6) is 0 Å². The van der Waals surface area contributed by atoms with Crippen molar-refractivity contribution in [1.29, 1.82) is 0 Å². The van der Waals surface area contributed by atoms with Crippen molar-refractivity contribution in [2.75, 3.05) is 177 Å². The number of para-hydroxylation sites is 4. The topological polar surface area (TPSA) is 131 Å². The first-order valence-electron chi connectivity index (χ1n) is 50.6. The Morgan fingerprint density at radius 1 is 0.246 bits per heavy atom. The lowest BCUT2D eigenvalue weighted by Gasteiger charge is -2.34. The van der Waals surface area contributed by atoms with E-state index in [1.54, 1.807) is 0 Å². The van der Waals surface area contributed by atoms with E-state index in [0.717, 1.165) is 309 Å². The van der Waals surface area contributed by atoms with Crippen molar-refractivity contribution < 1.29 is 36.7 Å². The summed E-state index contributed by atoms with van der Waals surface area (Å²) in [7, 11) is 2.21. The molecule has 5 fully saturated rings. The number of nitrogens with zero attached hydrogens (tertiary/aromatic N) is 13. The predicted molar refractivity (Wildman–Crippen MR) is 568 cm³/mol. The molecule has 23 heteroatoms. The van der Waals surface area contributed by atoms with E-state index >= 15 is 0 Å². The van der Waals surface area contributed by atoms with Crippen LogP contribution in [0.3, 0.4) is 0 Å². The minimum Gasteiger partial charge on any atom is -0.355 e. The Kier molecular flexibility index (Phi) is 31.7. The summed E-state index contributed by atoms with van der Waals surface area (Å²) < 4.78 is 59.7. The molecule has 9 heterocycles. The van der Waals surface area contributed by atoms with Crippen molar-refractivity contribution in [3.8, 4) is 0 Å². The molecular formula is C119H125ClF4N14O4. The number of piperazine rings is 5. The quantitative estimate of drug-likeness (QED) is 0.0413. The van der Waals surface area contributed by atoms with Gasteiger partial charge in [-0.2, -0.15) is 0 Å². The van der Waals surface area contributed by atoms with Crippen molar-refractivity contribution in [2.24, 2.45) is 0 Å². The highest BCUT2D eigenvalue weighted by molar-refractivity contribution is 6.18. The lowest BCUT2D eigenvalue weighted by Crippen LogP contribution is -2.49. The molecule has 0 aliphatic carbocycles. The third-order valence-electron chi connectivity index (χ3n) is 29.4. The largest absolute Gasteiger partial charge is 0.355 e. The van der Waals surface area contributed by atoms with Crippen molar-refractivity contribution in [3.63, 3.8) is 0 Å². The molecule has 5 saturated heterocycles. The molecule has 5 aliphatic heterocycles. The van der Waals surface area contributed by atoms with Crippen LogP contribution in [0.25, 0.3) is 87.2 Å². The fraction of sp³-hybridized carbons (Fsp3) is 0.311. The fourth-order valence-corrected chi connectivity index (χ4v) is 21.2. The highest BCUT2D eigenvalue weighted by atomic mass is 35.5. The van der Waals surface area contributed by atoms with Crippen molar-refractivity contribution in [2.45, 2.75) is 64.6 Å². The molecular weight excluding hydrogens is 1800 g/mol. The van der Waals surface area contributed by atoms with Gasteiger partial charge in [0.2, 0.25) is 0 Å². The third-order valence-corrected chi connectivity index (χ3v) is 29.7. The summed E-state index contributed by atoms with van der Waals surface area (Å²) in [4.78, 5) is 79.4. The van der Waals surface area contributed by atoms with Crippen molar-refractivity contribution >= 4 is 122 Å². The van der Waals surface area contributed by atoms with Gasteiger partial charge in [-0.25, -0.2) is 17.6 Å². The maximum Gasteiger partial charge on any atom is 0.254 e. The molecule has 18 nitrogen and oxygen atoms in total. The number of aryl methyl sites for hydroxylation is 4. The minimum atomic E-state index is -0.223. The van der Waals surface area contributed by atoms with Crippen LogP contribution in [0, 0.1) is 23.3 Å². The molecule has 0 atom stereocenters. The Hall–Kier alpha value is -13.3. The molecule has 5 aliphatic rings. The smallest absolute Gasteiger partial charge is 0.254 e. The Morgan fingerprint density at radius 3 is 0.951 bits per heavy atom. The number of hydrogen-bond acceptors (Lipinski definition) is 10. The Morgan fingerprint density at radius 2 is 0.535 bits per heavy atom. The average molecular weight is 1930 g/mol. The van der Waals surface area contributed by atoms with Gasteiger partial charge < -0.3 is 48.1 Å². The van der Waals surface area contributed by atoms with E-state index in [-0.39, 0.29) is 46.9 Å². The van der Waals surface area contributed by atoms with E-state index in [9.17, 15) is 36.7 Å². The number of nitrogens with one attached hydrogen (secondary N) is 1. The summed E-state index contributed by atoms with van der Waals surface area (Å²) in [5.41, 5.74) is 18.0. The number of aromatic nitrogens is 4. The van der Waals surface area contributed by atoms with Gasteiger partial charge in [0.05, 0.1) is 0 Å². The average Bonchev–Trinajstić information content (AvgIpc) is 1.60. The van der Waals surface area contributed by atoms with E-state index in [2.05, 4.69) is 183 Å². The Balaban J connectivity index is 0.000000121. The van der Waals surface area contributed by atoms with Gasteiger partial charge in [0.1, 0.15) is 23.3 Å². The van der Waals surface area contributed by atoms with Crippen LogP contribution in [0.15, 0.2) is 297 Å². The number of alkyl halides is 1. The zero-order valence-corrected chi connectivity index (χ0v) is 81.8. The van der Waals surface area contributed by atoms with Crippen molar-refractivity contribution in [3.05, 3.63) is 371 Å². The summed E-state index contributed by atoms with van der Waals surface area (Å²) in [6, 6.07) is 95.4. The maximum absolute atomic E-state index is 13.6. The van der Waals surface area contributed by atoms with Gasteiger partial charge in [-0.05, 0) is 226 Å². The van der Waals surface area contributed by atoms with E-state index in [1.807, 2.05) is 141 Å². The minimum absolute atomic E-state index is 0.0678. The van der Waals surface area contributed by atoms with E-state index < -0.39 is 0 Å². The van der Waals surface area contributed by atoms with Crippen LogP contribution in [0.1, 0.15) is 82.1 Å². The molecule has 17 aromatic rings. The second-order valence-electron chi connectivity index (χ2n) is 38.5. The normalized spacial score (nSPS) is 15.6. The molecule has 0 saturated carbocycles. The molecule has 730 valence electrons. The van der Waals surface area contributed by atoms with Gasteiger partial charge in [0, 0.05) is 292 Å². The van der Waals surface area contributed by atoms with E-state index in [0.29, 0.717) is 24.5 Å². The molecule has 0 spiro atoms. The van der Waals surface area contributed by atoms with Gasteiger partial charge in [-0.15, -0.1) is 11.6 Å². The highest BCUT2D eigenvalue weighted by Gasteiger charge is 2.30. The summed E-state index contributed by atoms with van der Waals surface area (Å²) in [5, 5.41) is 9.26. The Labute approximate surface area is 833 Å². The van der Waals surface area contributed by atoms with Crippen molar-refractivity contribution in [1.82, 2.24) is 67.7 Å². The van der Waals surface area contributed by atoms with Gasteiger partial charge in [0.25, 0.3) is 23.6 Å². The number of amides is 4. The molecule has 13 aromatic carbocycles. The first-order chi connectivity index (χ1) is 69.5. The number of halogens is 5. The second kappa shape index (κ2) is 46.2. The molecule has 4 aromatic heterocycles. The number of likely N-dealkylation sites (N-methyl/N-ethyl adjacent to an activating group) is 1. The number of hydrogen-bond donors (Lipinski definition) is 1. The lowest BCUT2D eigenvalue weighted by molar-refractivity contribution is 0.0632. The van der Waals surface area contributed by atoms with Crippen LogP contribution in [-0.4, -0.2) is 268 Å². The third kappa shape index (κ3) is 23.5. The lowest BCUT2D eigenvalue weighted by atomic mass is 10.1. The predicted octanol–water partition coefficient (Wildman–Crippen LogP) is 20.8. The summed E-state index contributed by atoms with van der Waals surface area (Å²) in [6.45, 7) is 25.0. The van der Waals surface area contributed by atoms with Crippen LogP contribution in [-0.2, 0) is 51.7 Å². The maximum atomic E-state index is 13.6. The van der Waals surface area contributed by atoms with E-state index in [4.69, 9.17) is 11.6 Å². The number of carbonyl (C=O) groups excluding carboxylic acids is 4. The zero-order valence-electron chi connectivity index (χ0n) is 81.1. The van der Waals surface area contributed by atoms with Gasteiger partial charge >= 0.3 is 0 Å². The summed E-state index contributed by atoms with van der Waals surface area (Å²) >= 11 is 5.96. The first-order valence-corrected chi connectivity index (χ1v) is 51.1. The zero-order chi connectivity index (χ0) is 97.4. The van der Waals surface area contributed by atoms with E-state index in [1.165, 1.54) is 86.8 Å². The SMILES string of the molecule is CN1CCN(CCCn2c3ccccc3c3ccc(C(=O)N4CCN(CCc5ccccc5)CC4)cc32)CC1.O=C(c1ccc2[nH]c3ccccc3c2c1)N1CCN(CCc2ccc(F)cc2)CC1.O=C(c1ccc2c(c1)c1ccccc1n2CCCCl)N1CCN(CCc2ccc(F)cc2)CC1.O=C(c1ccc2c(c1)c1ccccc1n2CCc1ccc(F)cc1)N1CCN(CCc2ccc(F)cc2)CC1. The van der Waals surface area contributed by atoms with Gasteiger partial charge in [0.15, 0.2) is 0 Å². The first kappa shape index (κ1) is 97.5. The molecule has 22 rings (SSSR count). The molecule has 142 heavy (non-hydrogen) atoms. The second-order valence-corrected chi connectivity index (χ2v) is 38.8. The number of rotatable bonds is 26. The number of carbonyl (C=O) groups is 4. The number of H-pyrrole nitrogens is 1. The monoisotopic (exact) mass is 1920 g/mol. The number of aromatic amines is 1. The Bertz CT molecular complexity index is 7190. The van der Waals surface area contributed by atoms with Crippen LogP contribution >= 0.6 is 11.6 Å². The van der Waals surface area contributed by atoms with Crippen LogP contribution in [0.4, 0.5) is 17.6 Å². The number of fused-ring (bicyclic) bond motifs is 12. The molecule has 1 N–H and O–H groups in total. The van der Waals surface area contributed by atoms with Gasteiger partial charge in [-0.1, -0.05) is 158 Å².